The number of nitrogens with zero attached hydrogens (tertiary/aromatic N) is 4. The second-order valence-corrected chi connectivity index (χ2v) is 8.44. The van der Waals surface area contributed by atoms with Crippen molar-refractivity contribution in [1.29, 1.82) is 0 Å². The van der Waals surface area contributed by atoms with Gasteiger partial charge in [0.25, 0.3) is 5.91 Å². The van der Waals surface area contributed by atoms with Gasteiger partial charge in [0.2, 0.25) is 0 Å². The molecule has 1 aliphatic rings. The Morgan fingerprint density at radius 3 is 2.91 bits per heavy atom. The molecule has 1 amide bonds. The van der Waals surface area contributed by atoms with Gasteiger partial charge in [-0.3, -0.25) is 9.78 Å². The molecule has 0 saturated carbocycles. The molecule has 2 bridgehead atoms. The number of anilines is 1. The van der Waals surface area contributed by atoms with Gasteiger partial charge in [-0.2, -0.15) is 0 Å². The Kier molecular flexibility index (Phi) is 5.79. The molecule has 172 valence electrons. The molecule has 0 saturated heterocycles. The van der Waals surface area contributed by atoms with Crippen molar-refractivity contribution in [1.82, 2.24) is 19.5 Å². The van der Waals surface area contributed by atoms with Gasteiger partial charge in [-0.1, -0.05) is 6.07 Å². The maximum Gasteiger partial charge on any atom is 0.260 e. The van der Waals surface area contributed by atoms with Crippen LogP contribution in [0.4, 0.5) is 10.2 Å². The number of hydrogen-bond donors (Lipinski definition) is 1. The van der Waals surface area contributed by atoms with Gasteiger partial charge in [0, 0.05) is 48.0 Å². The highest BCUT2D eigenvalue weighted by molar-refractivity contribution is 6.06. The monoisotopic (exact) mass is 457 g/mol. The number of nitrogens with one attached hydrogen (secondary N) is 1. The molecular weight excluding hydrogens is 433 g/mol. The van der Waals surface area contributed by atoms with E-state index in [1.165, 1.54) is 12.1 Å². The molecule has 1 N–H and O–H groups in total. The quantitative estimate of drug-likeness (QED) is 0.412. The first-order valence-electron chi connectivity index (χ1n) is 11.2. The van der Waals surface area contributed by atoms with Crippen LogP contribution in [0.2, 0.25) is 0 Å². The lowest BCUT2D eigenvalue weighted by atomic mass is 10.0. The van der Waals surface area contributed by atoms with E-state index >= 15 is 4.39 Å². The van der Waals surface area contributed by atoms with E-state index in [4.69, 9.17) is 4.74 Å². The molecular formula is C26H24FN5O2. The number of aryl methyl sites for hydroxylation is 1. The smallest absolute Gasteiger partial charge is 0.260 e. The average Bonchev–Trinajstić information content (AvgIpc) is 3.31. The molecule has 8 heteroatoms. The molecule has 7 nitrogen and oxygen atoms in total. The van der Waals surface area contributed by atoms with Gasteiger partial charge in [0.15, 0.2) is 5.82 Å². The Hall–Kier alpha value is -4.07. The van der Waals surface area contributed by atoms with Gasteiger partial charge >= 0.3 is 0 Å². The number of hydrogen-bond acceptors (Lipinski definition) is 5. The summed E-state index contributed by atoms with van der Waals surface area (Å²) in [6.45, 7) is 4.34. The zero-order valence-electron chi connectivity index (χ0n) is 19.0. The van der Waals surface area contributed by atoms with E-state index in [2.05, 4.69) is 31.8 Å². The second-order valence-electron chi connectivity index (χ2n) is 8.44. The lowest BCUT2D eigenvalue weighted by Crippen LogP contribution is -2.17. The van der Waals surface area contributed by atoms with Crippen LogP contribution in [0.25, 0.3) is 22.6 Å². The summed E-state index contributed by atoms with van der Waals surface area (Å²) in [6.07, 6.45) is 8.48. The third-order valence-corrected chi connectivity index (χ3v) is 5.89. The summed E-state index contributed by atoms with van der Waals surface area (Å²) < 4.78 is 23.1. The summed E-state index contributed by atoms with van der Waals surface area (Å²) in [6, 6.07) is 10.2. The predicted molar refractivity (Wildman–Crippen MR) is 127 cm³/mol. The molecule has 0 radical (unpaired) electrons. The van der Waals surface area contributed by atoms with Gasteiger partial charge in [-0.05, 0) is 56.5 Å². The number of rotatable bonds is 1. The first-order chi connectivity index (χ1) is 16.5. The zero-order chi connectivity index (χ0) is 23.7. The first kappa shape index (κ1) is 21.8. The van der Waals surface area contributed by atoms with Gasteiger partial charge in [-0.25, -0.2) is 14.4 Å². The van der Waals surface area contributed by atoms with E-state index in [1.807, 2.05) is 31.3 Å². The van der Waals surface area contributed by atoms with E-state index in [0.717, 1.165) is 24.2 Å². The predicted octanol–water partition coefficient (Wildman–Crippen LogP) is 5.44. The summed E-state index contributed by atoms with van der Waals surface area (Å²) in [7, 11) is 0. The molecule has 4 heterocycles. The molecule has 0 fully saturated rings. The van der Waals surface area contributed by atoms with Crippen LogP contribution < -0.4 is 10.1 Å². The Labute approximate surface area is 196 Å². The van der Waals surface area contributed by atoms with E-state index in [1.54, 1.807) is 24.7 Å². The van der Waals surface area contributed by atoms with Crippen LogP contribution >= 0.6 is 0 Å². The number of carbonyl (C=O) groups is 1. The maximum absolute atomic E-state index is 15.1. The number of halogens is 1. The third-order valence-electron chi connectivity index (χ3n) is 5.89. The van der Waals surface area contributed by atoms with Crippen molar-refractivity contribution in [3.63, 3.8) is 0 Å². The number of aromatic nitrogens is 4. The molecule has 3 aromatic heterocycles. The van der Waals surface area contributed by atoms with Crippen LogP contribution in [0.3, 0.4) is 0 Å². The summed E-state index contributed by atoms with van der Waals surface area (Å²) in [5.41, 5.74) is 2.66. The highest BCUT2D eigenvalue weighted by Gasteiger charge is 2.21. The van der Waals surface area contributed by atoms with Crippen molar-refractivity contribution < 1.29 is 13.9 Å². The van der Waals surface area contributed by atoms with E-state index < -0.39 is 11.7 Å². The largest absolute Gasteiger partial charge is 0.493 e. The first-order valence-corrected chi connectivity index (χ1v) is 11.2. The van der Waals surface area contributed by atoms with Gasteiger partial charge in [-0.15, -0.1) is 0 Å². The maximum atomic E-state index is 15.1. The number of fused-ring (bicyclic) bond motifs is 5. The van der Waals surface area contributed by atoms with Crippen LogP contribution in [-0.2, 0) is 0 Å². The SMILES string of the molecule is Cc1cncc(-c2cc3c(cc2F)OCCC[C@H](C)n2ccnc2-c2cccc(n2)NC3=O)c1. The Morgan fingerprint density at radius 2 is 2.06 bits per heavy atom. The molecule has 1 atom stereocenters. The normalized spacial score (nSPS) is 16.0. The fourth-order valence-corrected chi connectivity index (χ4v) is 4.15. The van der Waals surface area contributed by atoms with Crippen LogP contribution in [0.5, 0.6) is 5.75 Å². The van der Waals surface area contributed by atoms with Gasteiger partial charge in [0.1, 0.15) is 23.1 Å². The third kappa shape index (κ3) is 4.26. The molecule has 0 unspecified atom stereocenters. The van der Waals surface area contributed by atoms with Crippen molar-refractivity contribution in [2.24, 2.45) is 0 Å². The van der Waals surface area contributed by atoms with Crippen LogP contribution in [-0.4, -0.2) is 32.0 Å². The summed E-state index contributed by atoms with van der Waals surface area (Å²) in [5, 5.41) is 2.83. The van der Waals surface area contributed by atoms with Crippen molar-refractivity contribution in [2.45, 2.75) is 32.7 Å². The van der Waals surface area contributed by atoms with Crippen LogP contribution in [0.15, 0.2) is 61.2 Å². The van der Waals surface area contributed by atoms with Crippen molar-refractivity contribution in [3.05, 3.63) is 78.1 Å². The number of carbonyl (C=O) groups excluding carboxylic acids is 1. The number of amides is 1. The van der Waals surface area contributed by atoms with E-state index in [-0.39, 0.29) is 22.9 Å². The molecule has 34 heavy (non-hydrogen) atoms. The Morgan fingerprint density at radius 1 is 1.18 bits per heavy atom. The summed E-state index contributed by atoms with van der Waals surface area (Å²) in [5.74, 6) is 0.393. The van der Waals surface area contributed by atoms with Crippen molar-refractivity contribution in [2.75, 3.05) is 11.9 Å². The number of imidazole rings is 1. The van der Waals surface area contributed by atoms with Gasteiger partial charge < -0.3 is 14.6 Å². The highest BCUT2D eigenvalue weighted by Crippen LogP contribution is 2.32. The zero-order valence-corrected chi connectivity index (χ0v) is 19.0. The second kappa shape index (κ2) is 9.05. The number of benzene rings is 1. The Bertz CT molecular complexity index is 1370. The molecule has 0 spiro atoms. The van der Waals surface area contributed by atoms with Crippen molar-refractivity contribution >= 4 is 11.7 Å². The lowest BCUT2D eigenvalue weighted by molar-refractivity contribution is 0.102. The van der Waals surface area contributed by atoms with E-state index in [9.17, 15) is 4.79 Å². The Balaban J connectivity index is 1.58. The minimum absolute atomic E-state index is 0.163. The topological polar surface area (TPSA) is 81.9 Å². The molecule has 4 aromatic rings. The van der Waals surface area contributed by atoms with Crippen LogP contribution in [0.1, 0.15) is 41.7 Å². The van der Waals surface area contributed by atoms with Gasteiger partial charge in [0.05, 0.1) is 12.2 Å². The molecule has 0 aliphatic carbocycles. The summed E-state index contributed by atoms with van der Waals surface area (Å²) in [4.78, 5) is 26.5. The molecule has 1 aromatic carbocycles. The number of pyridine rings is 2. The lowest BCUT2D eigenvalue weighted by Gasteiger charge is -2.19. The summed E-state index contributed by atoms with van der Waals surface area (Å²) >= 11 is 0. The van der Waals surface area contributed by atoms with Crippen LogP contribution in [0, 0.1) is 12.7 Å². The minimum atomic E-state index is -0.475. The number of ether oxygens (including phenoxy) is 1. The highest BCUT2D eigenvalue weighted by atomic mass is 19.1. The minimum Gasteiger partial charge on any atom is -0.493 e. The fraction of sp³-hybridized carbons (Fsp3) is 0.231. The average molecular weight is 458 g/mol. The van der Waals surface area contributed by atoms with E-state index in [0.29, 0.717) is 23.7 Å². The standard InChI is InChI=1S/C26H24FN5O2/c1-16-11-18(15-28-14-16)19-12-20-23(13-21(19)27)34-10-4-5-17(2)32-9-8-29-25(32)22-6-3-7-24(30-22)31-26(20)33/h3,6-9,11-15,17H,4-5,10H2,1-2H3,(H,30,31,33)/t17-/m0/s1. The van der Waals surface area contributed by atoms with Crippen molar-refractivity contribution in [3.8, 4) is 28.4 Å². The fourth-order valence-electron chi connectivity index (χ4n) is 4.15. The molecule has 5 rings (SSSR count). The molecule has 1 aliphatic heterocycles.